The van der Waals surface area contributed by atoms with Crippen molar-refractivity contribution in [2.75, 3.05) is 36.4 Å². The standard InChI is InChI=1S/C22H27N7/c1-14(2)26-19-11-16(5-6-25-19)21-27-18-13-24-12-17(15-3-4-15)20(18)22(28-21)29-9-7-23-8-10-29/h5-6,11-15,23H,3-4,7-10H2,1-2H3,(H,25,26). The highest BCUT2D eigenvalue weighted by atomic mass is 15.2. The first-order chi connectivity index (χ1) is 14.2. The zero-order valence-electron chi connectivity index (χ0n) is 17.0. The lowest BCUT2D eigenvalue weighted by molar-refractivity contribution is 0.586. The van der Waals surface area contributed by atoms with Crippen LogP contribution in [0.3, 0.4) is 0 Å². The van der Waals surface area contributed by atoms with E-state index in [1.807, 2.05) is 30.7 Å². The van der Waals surface area contributed by atoms with Gasteiger partial charge >= 0.3 is 0 Å². The summed E-state index contributed by atoms with van der Waals surface area (Å²) in [5, 5.41) is 7.99. The number of pyridine rings is 2. The van der Waals surface area contributed by atoms with E-state index in [9.17, 15) is 0 Å². The average Bonchev–Trinajstić information content (AvgIpc) is 3.58. The number of hydrogen-bond donors (Lipinski definition) is 2. The molecule has 1 saturated carbocycles. The minimum absolute atomic E-state index is 0.317. The van der Waals surface area contributed by atoms with Gasteiger partial charge in [-0.25, -0.2) is 15.0 Å². The van der Waals surface area contributed by atoms with Crippen LogP contribution in [0.15, 0.2) is 30.7 Å². The van der Waals surface area contributed by atoms with Gasteiger partial charge in [-0.15, -0.1) is 0 Å². The van der Waals surface area contributed by atoms with Gasteiger partial charge in [0, 0.05) is 55.6 Å². The molecule has 3 aromatic rings. The Balaban J connectivity index is 1.65. The third kappa shape index (κ3) is 3.74. The lowest BCUT2D eigenvalue weighted by Crippen LogP contribution is -2.44. The molecule has 5 rings (SSSR count). The van der Waals surface area contributed by atoms with E-state index in [4.69, 9.17) is 9.97 Å². The van der Waals surface area contributed by atoms with Crippen LogP contribution >= 0.6 is 0 Å². The molecule has 0 radical (unpaired) electrons. The van der Waals surface area contributed by atoms with Crippen molar-refractivity contribution < 1.29 is 0 Å². The Morgan fingerprint density at radius 2 is 1.97 bits per heavy atom. The molecule has 1 aliphatic heterocycles. The number of anilines is 2. The van der Waals surface area contributed by atoms with Crippen LogP contribution in [0.4, 0.5) is 11.6 Å². The summed E-state index contributed by atoms with van der Waals surface area (Å²) >= 11 is 0. The molecule has 150 valence electrons. The summed E-state index contributed by atoms with van der Waals surface area (Å²) in [6, 6.07) is 4.32. The topological polar surface area (TPSA) is 78.9 Å². The van der Waals surface area contributed by atoms with E-state index in [0.29, 0.717) is 12.0 Å². The summed E-state index contributed by atoms with van der Waals surface area (Å²) in [7, 11) is 0. The predicted molar refractivity (Wildman–Crippen MR) is 116 cm³/mol. The maximum absolute atomic E-state index is 5.09. The molecule has 7 heteroatoms. The summed E-state index contributed by atoms with van der Waals surface area (Å²) in [5.41, 5.74) is 3.21. The van der Waals surface area contributed by atoms with Gasteiger partial charge in [-0.05, 0) is 50.3 Å². The van der Waals surface area contributed by atoms with E-state index in [1.54, 1.807) is 0 Å². The second kappa shape index (κ2) is 7.55. The lowest BCUT2D eigenvalue weighted by Gasteiger charge is -2.30. The average molecular weight is 390 g/mol. The molecule has 0 bridgehead atoms. The fraction of sp³-hybridized carbons (Fsp3) is 0.455. The van der Waals surface area contributed by atoms with Crippen molar-refractivity contribution in [1.29, 1.82) is 0 Å². The van der Waals surface area contributed by atoms with Crippen LogP contribution in [0, 0.1) is 0 Å². The molecule has 0 spiro atoms. The number of aromatic nitrogens is 4. The van der Waals surface area contributed by atoms with Crippen molar-refractivity contribution in [1.82, 2.24) is 25.3 Å². The molecule has 1 aliphatic carbocycles. The predicted octanol–water partition coefficient (Wildman–Crippen LogP) is 3.19. The molecule has 1 saturated heterocycles. The fourth-order valence-corrected chi connectivity index (χ4v) is 3.97. The number of nitrogens with one attached hydrogen (secondary N) is 2. The summed E-state index contributed by atoms with van der Waals surface area (Å²) in [5.74, 6) is 3.22. The van der Waals surface area contributed by atoms with E-state index >= 15 is 0 Å². The zero-order chi connectivity index (χ0) is 19.8. The number of fused-ring (bicyclic) bond motifs is 1. The van der Waals surface area contributed by atoms with Crippen molar-refractivity contribution in [2.24, 2.45) is 0 Å². The van der Waals surface area contributed by atoms with Crippen molar-refractivity contribution in [3.8, 4) is 11.4 Å². The molecular formula is C22H27N7. The molecule has 0 aromatic carbocycles. The van der Waals surface area contributed by atoms with Gasteiger partial charge in [0.25, 0.3) is 0 Å². The van der Waals surface area contributed by atoms with Crippen molar-refractivity contribution in [3.63, 3.8) is 0 Å². The SMILES string of the molecule is CC(C)Nc1cc(-c2nc(N3CCNCC3)c3c(C4CC4)cncc3n2)ccn1. The van der Waals surface area contributed by atoms with Crippen molar-refractivity contribution in [3.05, 3.63) is 36.3 Å². The summed E-state index contributed by atoms with van der Waals surface area (Å²) in [6.07, 6.45) is 8.19. The third-order valence-electron chi connectivity index (χ3n) is 5.51. The Bertz CT molecular complexity index is 1020. The Morgan fingerprint density at radius 3 is 2.72 bits per heavy atom. The number of hydrogen-bond acceptors (Lipinski definition) is 7. The van der Waals surface area contributed by atoms with Crippen LogP contribution in [-0.2, 0) is 0 Å². The molecule has 29 heavy (non-hydrogen) atoms. The largest absolute Gasteiger partial charge is 0.368 e. The van der Waals surface area contributed by atoms with Gasteiger partial charge in [-0.1, -0.05) is 0 Å². The molecule has 3 aromatic heterocycles. The van der Waals surface area contributed by atoms with Crippen LogP contribution in [-0.4, -0.2) is 52.2 Å². The van der Waals surface area contributed by atoms with Gasteiger partial charge in [0.2, 0.25) is 0 Å². The summed E-state index contributed by atoms with van der Waals surface area (Å²) in [4.78, 5) is 21.3. The first-order valence-electron chi connectivity index (χ1n) is 10.5. The van der Waals surface area contributed by atoms with Crippen LogP contribution in [0.25, 0.3) is 22.3 Å². The monoisotopic (exact) mass is 389 g/mol. The zero-order valence-corrected chi connectivity index (χ0v) is 17.0. The summed E-state index contributed by atoms with van der Waals surface area (Å²) in [6.45, 7) is 8.07. The molecule has 2 fully saturated rings. The Morgan fingerprint density at radius 1 is 1.14 bits per heavy atom. The Hall–Kier alpha value is -2.80. The molecule has 2 aliphatic rings. The van der Waals surface area contributed by atoms with Gasteiger partial charge in [0.15, 0.2) is 5.82 Å². The highest BCUT2D eigenvalue weighted by molar-refractivity contribution is 5.94. The van der Waals surface area contributed by atoms with Crippen molar-refractivity contribution >= 4 is 22.5 Å². The minimum atomic E-state index is 0.317. The fourth-order valence-electron chi connectivity index (χ4n) is 3.97. The highest BCUT2D eigenvalue weighted by Crippen LogP contribution is 2.44. The second-order valence-corrected chi connectivity index (χ2v) is 8.23. The second-order valence-electron chi connectivity index (χ2n) is 8.23. The summed E-state index contributed by atoms with van der Waals surface area (Å²) < 4.78 is 0. The number of piperazine rings is 1. The van der Waals surface area contributed by atoms with Gasteiger partial charge in [-0.3, -0.25) is 4.98 Å². The van der Waals surface area contributed by atoms with E-state index < -0.39 is 0 Å². The molecule has 0 amide bonds. The first kappa shape index (κ1) is 18.2. The third-order valence-corrected chi connectivity index (χ3v) is 5.51. The van der Waals surface area contributed by atoms with E-state index in [1.165, 1.54) is 23.8 Å². The minimum Gasteiger partial charge on any atom is -0.368 e. The Labute approximate surface area is 171 Å². The van der Waals surface area contributed by atoms with Gasteiger partial charge in [0.1, 0.15) is 11.6 Å². The quantitative estimate of drug-likeness (QED) is 0.694. The number of nitrogens with zero attached hydrogens (tertiary/aromatic N) is 5. The van der Waals surface area contributed by atoms with E-state index in [0.717, 1.165) is 54.7 Å². The molecule has 0 atom stereocenters. The van der Waals surface area contributed by atoms with Crippen LogP contribution < -0.4 is 15.5 Å². The maximum atomic E-state index is 5.09. The molecular weight excluding hydrogens is 362 g/mol. The van der Waals surface area contributed by atoms with Crippen LogP contribution in [0.5, 0.6) is 0 Å². The maximum Gasteiger partial charge on any atom is 0.162 e. The van der Waals surface area contributed by atoms with Gasteiger partial charge in [-0.2, -0.15) is 0 Å². The Kier molecular flexibility index (Phi) is 4.75. The normalized spacial score (nSPS) is 17.1. The van der Waals surface area contributed by atoms with E-state index in [-0.39, 0.29) is 0 Å². The van der Waals surface area contributed by atoms with Gasteiger partial charge < -0.3 is 15.5 Å². The molecule has 2 N–H and O–H groups in total. The van der Waals surface area contributed by atoms with Crippen LogP contribution in [0.2, 0.25) is 0 Å². The highest BCUT2D eigenvalue weighted by Gasteiger charge is 2.29. The van der Waals surface area contributed by atoms with Crippen molar-refractivity contribution in [2.45, 2.75) is 38.6 Å². The first-order valence-corrected chi connectivity index (χ1v) is 10.5. The number of rotatable bonds is 5. The smallest absolute Gasteiger partial charge is 0.162 e. The van der Waals surface area contributed by atoms with E-state index in [2.05, 4.69) is 39.3 Å². The molecule has 0 unspecified atom stereocenters. The molecule has 7 nitrogen and oxygen atoms in total. The van der Waals surface area contributed by atoms with Crippen LogP contribution in [0.1, 0.15) is 38.2 Å². The molecule has 4 heterocycles. The van der Waals surface area contributed by atoms with Gasteiger partial charge in [0.05, 0.1) is 11.7 Å². The lowest BCUT2D eigenvalue weighted by atomic mass is 10.1.